The van der Waals surface area contributed by atoms with Gasteiger partial charge in [0.15, 0.2) is 5.41 Å². The van der Waals surface area contributed by atoms with Crippen LogP contribution in [-0.2, 0) is 25.7 Å². The third kappa shape index (κ3) is 5.41. The average molecular weight is 413 g/mol. The molecular formula is C25H32O5. The molecule has 162 valence electrons. The lowest BCUT2D eigenvalue weighted by atomic mass is 9.70. The zero-order valence-electron chi connectivity index (χ0n) is 18.4. The standard InChI is InChI=1S/C25H32O5/c1-5-16-25(23(26)28-6-2,24(27)29-7-3)19(4)21-14-11-15-22(17-21)30-18-20-12-9-8-10-13-20/h8-15,17,19H,5-7,16,18H2,1-4H3. The van der Waals surface area contributed by atoms with Crippen molar-refractivity contribution in [2.24, 2.45) is 5.41 Å². The van der Waals surface area contributed by atoms with Crippen molar-refractivity contribution in [2.75, 3.05) is 13.2 Å². The molecule has 0 aliphatic heterocycles. The van der Waals surface area contributed by atoms with Crippen LogP contribution in [0.3, 0.4) is 0 Å². The molecule has 0 radical (unpaired) electrons. The number of hydrogen-bond donors (Lipinski definition) is 0. The summed E-state index contributed by atoms with van der Waals surface area (Å²) in [5, 5.41) is 0. The van der Waals surface area contributed by atoms with Crippen LogP contribution in [0.1, 0.15) is 57.6 Å². The molecule has 1 atom stereocenters. The Morgan fingerprint density at radius 2 is 1.53 bits per heavy atom. The lowest BCUT2D eigenvalue weighted by molar-refractivity contribution is -0.174. The predicted octanol–water partition coefficient (Wildman–Crippen LogP) is 5.28. The van der Waals surface area contributed by atoms with Gasteiger partial charge < -0.3 is 14.2 Å². The van der Waals surface area contributed by atoms with Gasteiger partial charge in [-0.1, -0.05) is 62.7 Å². The molecule has 2 rings (SSSR count). The predicted molar refractivity (Wildman–Crippen MR) is 116 cm³/mol. The molecule has 0 bridgehead atoms. The summed E-state index contributed by atoms with van der Waals surface area (Å²) in [6.07, 6.45) is 0.993. The second-order valence-electron chi connectivity index (χ2n) is 7.23. The Balaban J connectivity index is 2.35. The molecule has 30 heavy (non-hydrogen) atoms. The van der Waals surface area contributed by atoms with E-state index in [1.165, 1.54) is 0 Å². The van der Waals surface area contributed by atoms with Crippen LogP contribution >= 0.6 is 0 Å². The van der Waals surface area contributed by atoms with Crippen molar-refractivity contribution in [3.05, 3.63) is 65.7 Å². The van der Waals surface area contributed by atoms with Gasteiger partial charge in [0, 0.05) is 5.92 Å². The van der Waals surface area contributed by atoms with Crippen LogP contribution in [0.4, 0.5) is 0 Å². The molecule has 0 aliphatic rings. The lowest BCUT2D eigenvalue weighted by Crippen LogP contribution is -2.46. The SMILES string of the molecule is CCCC(C(=O)OCC)(C(=O)OCC)C(C)c1cccc(OCc2ccccc2)c1. The highest BCUT2D eigenvalue weighted by atomic mass is 16.6. The van der Waals surface area contributed by atoms with E-state index in [1.807, 2.05) is 68.4 Å². The second kappa shape index (κ2) is 11.4. The van der Waals surface area contributed by atoms with Crippen molar-refractivity contribution in [1.82, 2.24) is 0 Å². The minimum Gasteiger partial charge on any atom is -0.489 e. The molecule has 0 saturated carbocycles. The number of hydrogen-bond acceptors (Lipinski definition) is 5. The van der Waals surface area contributed by atoms with Gasteiger partial charge >= 0.3 is 11.9 Å². The second-order valence-corrected chi connectivity index (χ2v) is 7.23. The Labute approximate surface area is 179 Å². The molecular weight excluding hydrogens is 380 g/mol. The topological polar surface area (TPSA) is 61.8 Å². The van der Waals surface area contributed by atoms with Gasteiger partial charge in [-0.2, -0.15) is 0 Å². The summed E-state index contributed by atoms with van der Waals surface area (Å²) >= 11 is 0. The van der Waals surface area contributed by atoms with Crippen molar-refractivity contribution in [1.29, 1.82) is 0 Å². The van der Waals surface area contributed by atoms with E-state index in [1.54, 1.807) is 13.8 Å². The Bertz CT molecular complexity index is 797. The molecule has 0 aromatic heterocycles. The van der Waals surface area contributed by atoms with Gasteiger partial charge in [0.1, 0.15) is 12.4 Å². The molecule has 0 heterocycles. The first-order valence-corrected chi connectivity index (χ1v) is 10.6. The minimum atomic E-state index is -1.39. The summed E-state index contributed by atoms with van der Waals surface area (Å²) in [4.78, 5) is 26.1. The van der Waals surface area contributed by atoms with Gasteiger partial charge in [-0.15, -0.1) is 0 Å². The summed E-state index contributed by atoms with van der Waals surface area (Å²) in [6, 6.07) is 17.4. The molecule has 0 spiro atoms. The summed E-state index contributed by atoms with van der Waals surface area (Å²) in [7, 11) is 0. The molecule has 2 aromatic rings. The Morgan fingerprint density at radius 1 is 0.900 bits per heavy atom. The van der Waals surface area contributed by atoms with Gasteiger partial charge in [-0.25, -0.2) is 0 Å². The van der Waals surface area contributed by atoms with E-state index < -0.39 is 23.3 Å². The smallest absolute Gasteiger partial charge is 0.324 e. The highest BCUT2D eigenvalue weighted by molar-refractivity contribution is 6.01. The van der Waals surface area contributed by atoms with Crippen molar-refractivity contribution >= 4 is 11.9 Å². The van der Waals surface area contributed by atoms with E-state index in [9.17, 15) is 9.59 Å². The third-order valence-corrected chi connectivity index (χ3v) is 5.27. The van der Waals surface area contributed by atoms with Crippen LogP contribution in [0, 0.1) is 5.41 Å². The molecule has 5 heteroatoms. The first-order chi connectivity index (χ1) is 14.5. The largest absolute Gasteiger partial charge is 0.489 e. The minimum absolute atomic E-state index is 0.205. The average Bonchev–Trinajstić information content (AvgIpc) is 2.76. The third-order valence-electron chi connectivity index (χ3n) is 5.27. The maximum Gasteiger partial charge on any atom is 0.324 e. The van der Waals surface area contributed by atoms with Gasteiger partial charge in [0.2, 0.25) is 0 Å². The number of rotatable bonds is 11. The lowest BCUT2D eigenvalue weighted by Gasteiger charge is -2.34. The van der Waals surface area contributed by atoms with E-state index in [0.29, 0.717) is 25.2 Å². The molecule has 1 unspecified atom stereocenters. The number of ether oxygens (including phenoxy) is 3. The Morgan fingerprint density at radius 3 is 2.10 bits per heavy atom. The fourth-order valence-corrected chi connectivity index (χ4v) is 3.67. The quantitative estimate of drug-likeness (QED) is 0.371. The van der Waals surface area contributed by atoms with Crippen molar-refractivity contribution in [3.8, 4) is 5.75 Å². The maximum atomic E-state index is 13.0. The Kier molecular flexibility index (Phi) is 8.90. The van der Waals surface area contributed by atoms with Crippen LogP contribution in [0.2, 0.25) is 0 Å². The van der Waals surface area contributed by atoms with Crippen molar-refractivity contribution < 1.29 is 23.8 Å². The number of carbonyl (C=O) groups excluding carboxylic acids is 2. The molecule has 0 aliphatic carbocycles. The zero-order valence-corrected chi connectivity index (χ0v) is 18.4. The van der Waals surface area contributed by atoms with Gasteiger partial charge in [0.05, 0.1) is 13.2 Å². The van der Waals surface area contributed by atoms with Crippen LogP contribution in [-0.4, -0.2) is 25.2 Å². The van der Waals surface area contributed by atoms with Crippen LogP contribution in [0.5, 0.6) is 5.75 Å². The highest BCUT2D eigenvalue weighted by Gasteiger charge is 2.53. The molecule has 0 fully saturated rings. The van der Waals surface area contributed by atoms with Gasteiger partial charge in [-0.3, -0.25) is 9.59 Å². The molecule has 2 aromatic carbocycles. The molecule has 5 nitrogen and oxygen atoms in total. The van der Waals surface area contributed by atoms with Gasteiger partial charge in [0.25, 0.3) is 0 Å². The van der Waals surface area contributed by atoms with Crippen LogP contribution in [0.15, 0.2) is 54.6 Å². The van der Waals surface area contributed by atoms with Crippen molar-refractivity contribution in [2.45, 2.75) is 53.1 Å². The van der Waals surface area contributed by atoms with Gasteiger partial charge in [-0.05, 0) is 43.5 Å². The zero-order chi connectivity index (χ0) is 22.0. The van der Waals surface area contributed by atoms with Crippen molar-refractivity contribution in [3.63, 3.8) is 0 Å². The highest BCUT2D eigenvalue weighted by Crippen LogP contribution is 2.43. The first-order valence-electron chi connectivity index (χ1n) is 10.6. The maximum absolute atomic E-state index is 13.0. The fourth-order valence-electron chi connectivity index (χ4n) is 3.67. The Hall–Kier alpha value is -2.82. The van der Waals surface area contributed by atoms with E-state index in [0.717, 1.165) is 11.1 Å². The number of benzene rings is 2. The summed E-state index contributed by atoms with van der Waals surface area (Å²) in [5.41, 5.74) is 0.503. The van der Waals surface area contributed by atoms with E-state index in [4.69, 9.17) is 14.2 Å². The molecule has 0 amide bonds. The van der Waals surface area contributed by atoms with E-state index >= 15 is 0 Å². The fraction of sp³-hybridized carbons (Fsp3) is 0.440. The monoisotopic (exact) mass is 412 g/mol. The summed E-state index contributed by atoms with van der Waals surface area (Å²) in [5.74, 6) is -0.820. The number of esters is 2. The summed E-state index contributed by atoms with van der Waals surface area (Å²) < 4.78 is 16.6. The van der Waals surface area contributed by atoms with Crippen LogP contribution in [0.25, 0.3) is 0 Å². The normalized spacial score (nSPS) is 12.1. The molecule has 0 N–H and O–H groups in total. The van der Waals surface area contributed by atoms with E-state index in [-0.39, 0.29) is 13.2 Å². The first kappa shape index (κ1) is 23.5. The molecule has 0 saturated heterocycles. The number of carbonyl (C=O) groups is 2. The summed E-state index contributed by atoms with van der Waals surface area (Å²) in [6.45, 7) is 8.14. The van der Waals surface area contributed by atoms with E-state index in [2.05, 4.69) is 0 Å². The van der Waals surface area contributed by atoms with Crippen LogP contribution < -0.4 is 4.74 Å².